The predicted molar refractivity (Wildman–Crippen MR) is 252 cm³/mol. The summed E-state index contributed by atoms with van der Waals surface area (Å²) in [6.07, 6.45) is 3.84. The maximum atomic E-state index is 13.8. The summed E-state index contributed by atoms with van der Waals surface area (Å²) in [4.78, 5) is 64.0. The third kappa shape index (κ3) is 21.7. The van der Waals surface area contributed by atoms with Crippen molar-refractivity contribution in [2.24, 2.45) is 33.3 Å². The van der Waals surface area contributed by atoms with Gasteiger partial charge < -0.3 is 59.7 Å². The average molecular weight is 932 g/mol. The molecule has 1 heterocycles. The van der Waals surface area contributed by atoms with E-state index in [1.54, 1.807) is 48.3 Å². The molecule has 5 N–H and O–H groups in total. The lowest BCUT2D eigenvalue weighted by Crippen LogP contribution is -2.39. The highest BCUT2D eigenvalue weighted by atomic mass is 16.7. The Morgan fingerprint density at radius 2 is 1.48 bits per heavy atom. The molecule has 66 heavy (non-hydrogen) atoms. The molecule has 0 saturated carbocycles. The SMILES string of the molecule is CC(C)C(C)N(C)C(=O)OCc1ccc(O[C@H]2CCC[C@@H](C(=O)O)O2)c(C(=O)NCC(C)(C)COCC(C)(C)CN/C=C(\N)COCC(C)(C)COCC(C)(C)CN(C)C(=O)/C=C\C=O)c1. The van der Waals surface area contributed by atoms with Gasteiger partial charge in [0, 0.05) is 80.1 Å². The fraction of sp³-hybridized carbons (Fsp3) is 0.694. The second-order valence-corrected chi connectivity index (χ2v) is 21.0. The number of hydrogen-bond donors (Lipinski definition) is 4. The number of hydrogen-bond acceptors (Lipinski definition) is 13. The molecule has 3 amide bonds. The van der Waals surface area contributed by atoms with Crippen LogP contribution in [0.25, 0.3) is 0 Å². The van der Waals surface area contributed by atoms with Crippen molar-refractivity contribution in [3.63, 3.8) is 0 Å². The van der Waals surface area contributed by atoms with E-state index in [0.29, 0.717) is 82.9 Å². The number of carbonyl (C=O) groups is 5. The van der Waals surface area contributed by atoms with E-state index >= 15 is 0 Å². The third-order valence-corrected chi connectivity index (χ3v) is 11.0. The number of allylic oxidation sites excluding steroid dienone is 1. The Hall–Kier alpha value is -4.71. The molecule has 17 nitrogen and oxygen atoms in total. The molecule has 1 saturated heterocycles. The second-order valence-electron chi connectivity index (χ2n) is 21.0. The zero-order valence-electron chi connectivity index (χ0n) is 42.0. The van der Waals surface area contributed by atoms with Gasteiger partial charge in [0.05, 0.1) is 50.9 Å². The Labute approximate surface area is 393 Å². The fourth-order valence-electron chi connectivity index (χ4n) is 6.73. The van der Waals surface area contributed by atoms with Crippen LogP contribution >= 0.6 is 0 Å². The number of amides is 3. The number of aliphatic carboxylic acids is 1. The first kappa shape index (κ1) is 57.4. The fourth-order valence-corrected chi connectivity index (χ4v) is 6.73. The number of likely N-dealkylation sites (N-methyl/N-ethyl adjacent to an activating group) is 1. The van der Waals surface area contributed by atoms with E-state index in [1.165, 1.54) is 12.2 Å². The van der Waals surface area contributed by atoms with Crippen LogP contribution in [-0.4, -0.2) is 137 Å². The van der Waals surface area contributed by atoms with Gasteiger partial charge in [-0.15, -0.1) is 0 Å². The van der Waals surface area contributed by atoms with E-state index in [-0.39, 0.29) is 65.2 Å². The normalized spacial score (nSPS) is 16.7. The first-order valence-corrected chi connectivity index (χ1v) is 22.8. The van der Waals surface area contributed by atoms with Crippen molar-refractivity contribution in [2.75, 3.05) is 73.4 Å². The van der Waals surface area contributed by atoms with Crippen molar-refractivity contribution < 1.29 is 57.5 Å². The molecule has 0 bridgehead atoms. The molecule has 1 aromatic rings. The molecule has 1 aliphatic rings. The average Bonchev–Trinajstić information content (AvgIpc) is 3.22. The zero-order valence-corrected chi connectivity index (χ0v) is 42.0. The second kappa shape index (κ2) is 26.6. The van der Waals surface area contributed by atoms with E-state index in [9.17, 15) is 29.1 Å². The van der Waals surface area contributed by atoms with Crippen molar-refractivity contribution in [2.45, 2.75) is 120 Å². The lowest BCUT2D eigenvalue weighted by molar-refractivity contribution is -0.181. The summed E-state index contributed by atoms with van der Waals surface area (Å²) in [5.41, 5.74) is 6.25. The third-order valence-electron chi connectivity index (χ3n) is 11.0. The number of carbonyl (C=O) groups excluding carboxylic acids is 4. The summed E-state index contributed by atoms with van der Waals surface area (Å²) < 4.78 is 35.5. The van der Waals surface area contributed by atoms with E-state index in [0.717, 1.165) is 0 Å². The van der Waals surface area contributed by atoms with E-state index in [2.05, 4.69) is 24.5 Å². The van der Waals surface area contributed by atoms with E-state index in [4.69, 9.17) is 34.2 Å². The molecular formula is C49H81N5O12. The molecule has 0 aliphatic carbocycles. The van der Waals surface area contributed by atoms with Crippen molar-refractivity contribution in [1.82, 2.24) is 20.4 Å². The van der Waals surface area contributed by atoms with Gasteiger partial charge in [-0.1, -0.05) is 75.3 Å². The minimum absolute atomic E-state index is 0.0365. The van der Waals surface area contributed by atoms with Crippen molar-refractivity contribution >= 4 is 30.2 Å². The number of ether oxygens (including phenoxy) is 6. The highest BCUT2D eigenvalue weighted by Gasteiger charge is 2.31. The lowest BCUT2D eigenvalue weighted by Gasteiger charge is -2.31. The molecule has 0 radical (unpaired) electrons. The van der Waals surface area contributed by atoms with Crippen LogP contribution in [0.15, 0.2) is 42.2 Å². The molecule has 1 fully saturated rings. The van der Waals surface area contributed by atoms with Gasteiger partial charge in [0.1, 0.15) is 18.6 Å². The smallest absolute Gasteiger partial charge is 0.410 e. The first-order valence-electron chi connectivity index (χ1n) is 22.8. The summed E-state index contributed by atoms with van der Waals surface area (Å²) in [7, 11) is 3.38. The number of nitrogens with one attached hydrogen (secondary N) is 2. The quantitative estimate of drug-likeness (QED) is 0.0524. The Kier molecular flexibility index (Phi) is 23.1. The minimum Gasteiger partial charge on any atom is -0.479 e. The molecule has 1 unspecified atom stereocenters. The molecule has 17 heteroatoms. The monoisotopic (exact) mass is 932 g/mol. The van der Waals surface area contributed by atoms with Gasteiger partial charge in [-0.05, 0) is 49.5 Å². The van der Waals surface area contributed by atoms with Gasteiger partial charge >= 0.3 is 12.1 Å². The number of carboxylic acids is 1. The summed E-state index contributed by atoms with van der Waals surface area (Å²) in [6, 6.07) is 4.89. The number of rotatable bonds is 29. The molecule has 374 valence electrons. The van der Waals surface area contributed by atoms with E-state index < -0.39 is 35.8 Å². The van der Waals surface area contributed by atoms with Crippen LogP contribution in [0.3, 0.4) is 0 Å². The number of benzene rings is 1. The number of nitrogens with zero attached hydrogens (tertiary/aromatic N) is 2. The Morgan fingerprint density at radius 1 is 0.879 bits per heavy atom. The lowest BCUT2D eigenvalue weighted by atomic mass is 9.93. The molecule has 2 rings (SSSR count). The van der Waals surface area contributed by atoms with Crippen LogP contribution in [0.1, 0.15) is 111 Å². The number of nitrogens with two attached hydrogens (primary N) is 1. The molecule has 3 atom stereocenters. The van der Waals surface area contributed by atoms with Crippen LogP contribution < -0.4 is 21.1 Å². The van der Waals surface area contributed by atoms with E-state index in [1.807, 2.05) is 62.3 Å². The molecule has 0 aromatic heterocycles. The zero-order chi connectivity index (χ0) is 49.9. The highest BCUT2D eigenvalue weighted by Crippen LogP contribution is 2.28. The van der Waals surface area contributed by atoms with Gasteiger partial charge in [0.2, 0.25) is 12.2 Å². The van der Waals surface area contributed by atoms with Crippen LogP contribution in [0.5, 0.6) is 5.75 Å². The summed E-state index contributed by atoms with van der Waals surface area (Å²) in [5, 5.41) is 15.8. The van der Waals surface area contributed by atoms with Gasteiger partial charge in [-0.25, -0.2) is 9.59 Å². The molecule has 1 aromatic carbocycles. The Morgan fingerprint density at radius 3 is 2.11 bits per heavy atom. The van der Waals surface area contributed by atoms with Crippen LogP contribution in [0, 0.1) is 27.6 Å². The molecule has 1 aliphatic heterocycles. The summed E-state index contributed by atoms with van der Waals surface area (Å²) >= 11 is 0. The summed E-state index contributed by atoms with van der Waals surface area (Å²) in [6.45, 7) is 25.8. The van der Waals surface area contributed by atoms with Gasteiger partial charge in [0.15, 0.2) is 6.10 Å². The van der Waals surface area contributed by atoms with Gasteiger partial charge in [-0.3, -0.25) is 14.4 Å². The van der Waals surface area contributed by atoms with Crippen molar-refractivity contribution in [1.29, 1.82) is 0 Å². The molecule has 0 spiro atoms. The minimum atomic E-state index is -1.07. The number of aldehydes is 1. The van der Waals surface area contributed by atoms with Gasteiger partial charge in [-0.2, -0.15) is 0 Å². The molecular weight excluding hydrogens is 851 g/mol. The van der Waals surface area contributed by atoms with Crippen molar-refractivity contribution in [3.05, 3.63) is 53.4 Å². The van der Waals surface area contributed by atoms with Crippen LogP contribution in [0.2, 0.25) is 0 Å². The largest absolute Gasteiger partial charge is 0.479 e. The Bertz CT molecular complexity index is 1790. The van der Waals surface area contributed by atoms with Crippen molar-refractivity contribution in [3.8, 4) is 5.75 Å². The highest BCUT2D eigenvalue weighted by molar-refractivity contribution is 5.97. The maximum Gasteiger partial charge on any atom is 0.410 e. The van der Waals surface area contributed by atoms with Crippen LogP contribution in [0.4, 0.5) is 4.79 Å². The number of carboxylic acid groups (broad SMARTS) is 1. The van der Waals surface area contributed by atoms with Crippen LogP contribution in [-0.2, 0) is 44.7 Å². The predicted octanol–water partition coefficient (Wildman–Crippen LogP) is 6.15. The Balaban J connectivity index is 1.89. The maximum absolute atomic E-state index is 13.8. The first-order chi connectivity index (χ1) is 30.7. The standard InChI is InChI=1S/C49H81N5O12/c1-34(2)35(3)54(13)45(60)64-24-36-19-20-39(65-42-18-14-16-40(66-42)44(58)59)38(22-36)43(57)52-27-47(6,7)30-62-29-46(4,5)26-51-23-37(50)25-61-32-49(10,11)33-63-31-48(8,9)28-53(12)41(56)17-15-21-55/h15,17,19-23,34-35,40,42,51H,14,16,18,24-33,50H2,1-13H3,(H,52,57)(H,58,59)/b17-15-,37-23-/t35?,40-,42+/m0/s1. The summed E-state index contributed by atoms with van der Waals surface area (Å²) in [5.74, 6) is -1.27. The van der Waals surface area contributed by atoms with Gasteiger partial charge in [0.25, 0.3) is 5.91 Å². The topological polar surface area (TPSA) is 218 Å².